The van der Waals surface area contributed by atoms with Crippen LogP contribution in [-0.2, 0) is 0 Å². The molecule has 2 unspecified atom stereocenters. The number of hydrogen-bond acceptors (Lipinski definition) is 2. The van der Waals surface area contributed by atoms with Crippen LogP contribution in [0.25, 0.3) is 0 Å². The molecule has 2 atom stereocenters. The number of halogens is 1. The minimum absolute atomic E-state index is 0.0615. The van der Waals surface area contributed by atoms with Gasteiger partial charge in [0.2, 0.25) is 0 Å². The van der Waals surface area contributed by atoms with E-state index >= 15 is 0 Å². The van der Waals surface area contributed by atoms with Crippen LogP contribution in [0.1, 0.15) is 20.3 Å². The van der Waals surface area contributed by atoms with Crippen LogP contribution in [0.15, 0.2) is 0 Å². The molecule has 0 bridgehead atoms. The van der Waals surface area contributed by atoms with Crippen molar-refractivity contribution in [2.75, 3.05) is 13.1 Å². The second-order valence-corrected chi connectivity index (χ2v) is 2.44. The van der Waals surface area contributed by atoms with Gasteiger partial charge in [0.15, 0.2) is 0 Å². The van der Waals surface area contributed by atoms with E-state index in [4.69, 9.17) is 5.73 Å². The van der Waals surface area contributed by atoms with Crippen LogP contribution < -0.4 is 11.1 Å². The van der Waals surface area contributed by atoms with Gasteiger partial charge in [-0.25, -0.2) is 4.39 Å². The molecule has 0 spiro atoms. The first-order chi connectivity index (χ1) is 4.72. The molecule has 3 heteroatoms. The van der Waals surface area contributed by atoms with Gasteiger partial charge in [0.25, 0.3) is 0 Å². The van der Waals surface area contributed by atoms with E-state index in [2.05, 4.69) is 5.32 Å². The largest absolute Gasteiger partial charge is 0.330 e. The van der Waals surface area contributed by atoms with Gasteiger partial charge in [0.1, 0.15) is 6.17 Å². The molecule has 0 amide bonds. The van der Waals surface area contributed by atoms with Crippen molar-refractivity contribution in [1.82, 2.24) is 5.32 Å². The molecule has 0 aliphatic heterocycles. The van der Waals surface area contributed by atoms with E-state index in [1.165, 1.54) is 0 Å². The molecule has 3 N–H and O–H groups in total. The molecule has 0 saturated heterocycles. The van der Waals surface area contributed by atoms with Crippen LogP contribution in [0, 0.1) is 0 Å². The van der Waals surface area contributed by atoms with Gasteiger partial charge in [-0.2, -0.15) is 0 Å². The predicted molar refractivity (Wildman–Crippen MR) is 41.7 cm³/mol. The summed E-state index contributed by atoms with van der Waals surface area (Å²) in [6.45, 7) is 5.04. The maximum Gasteiger partial charge on any atom is 0.116 e. The summed E-state index contributed by atoms with van der Waals surface area (Å²) in [7, 11) is 0. The molecule has 0 rings (SSSR count). The molecular formula is C7H17FN2. The fourth-order valence-electron chi connectivity index (χ4n) is 0.859. The van der Waals surface area contributed by atoms with Crippen LogP contribution in [0.4, 0.5) is 4.39 Å². The second-order valence-electron chi connectivity index (χ2n) is 2.44. The Kier molecular flexibility index (Phi) is 5.54. The zero-order chi connectivity index (χ0) is 7.98. The van der Waals surface area contributed by atoms with Crippen LogP contribution in [0.3, 0.4) is 0 Å². The van der Waals surface area contributed by atoms with Crippen molar-refractivity contribution < 1.29 is 4.39 Å². The van der Waals surface area contributed by atoms with E-state index in [1.807, 2.05) is 13.8 Å². The Morgan fingerprint density at radius 1 is 1.60 bits per heavy atom. The lowest BCUT2D eigenvalue weighted by Gasteiger charge is -2.15. The smallest absolute Gasteiger partial charge is 0.116 e. The van der Waals surface area contributed by atoms with E-state index in [0.29, 0.717) is 13.0 Å². The highest BCUT2D eigenvalue weighted by Crippen LogP contribution is 2.01. The van der Waals surface area contributed by atoms with Gasteiger partial charge in [0, 0.05) is 6.04 Å². The molecule has 0 aromatic rings. The topological polar surface area (TPSA) is 38.0 Å². The lowest BCUT2D eigenvalue weighted by molar-refractivity contribution is 0.251. The lowest BCUT2D eigenvalue weighted by atomic mass is 10.1. The fraction of sp³-hybridized carbons (Fsp3) is 1.00. The van der Waals surface area contributed by atoms with E-state index < -0.39 is 6.17 Å². The number of nitrogens with two attached hydrogens (primary N) is 1. The summed E-state index contributed by atoms with van der Waals surface area (Å²) in [5.74, 6) is 0. The highest BCUT2D eigenvalue weighted by molar-refractivity contribution is 4.70. The van der Waals surface area contributed by atoms with Crippen molar-refractivity contribution in [1.29, 1.82) is 0 Å². The maximum atomic E-state index is 12.8. The Hall–Kier alpha value is -0.150. The van der Waals surface area contributed by atoms with Crippen molar-refractivity contribution >= 4 is 0 Å². The van der Waals surface area contributed by atoms with Gasteiger partial charge in [-0.1, -0.05) is 6.92 Å². The SMILES string of the molecule is CCNC(C)C(F)CCN. The average Bonchev–Trinajstić information content (AvgIpc) is 1.89. The van der Waals surface area contributed by atoms with Gasteiger partial charge in [-0.15, -0.1) is 0 Å². The van der Waals surface area contributed by atoms with Gasteiger partial charge in [-0.05, 0) is 26.4 Å². The molecule has 2 nitrogen and oxygen atoms in total. The lowest BCUT2D eigenvalue weighted by Crippen LogP contribution is -2.35. The van der Waals surface area contributed by atoms with E-state index in [-0.39, 0.29) is 6.04 Å². The summed E-state index contributed by atoms with van der Waals surface area (Å²) in [5, 5.41) is 3.00. The Balaban J connectivity index is 3.38. The van der Waals surface area contributed by atoms with Gasteiger partial charge in [0.05, 0.1) is 0 Å². The Morgan fingerprint density at radius 2 is 2.20 bits per heavy atom. The Bertz CT molecular complexity index is 68.0. The van der Waals surface area contributed by atoms with E-state index in [1.54, 1.807) is 0 Å². The monoisotopic (exact) mass is 148 g/mol. The molecule has 0 aromatic carbocycles. The van der Waals surface area contributed by atoms with Gasteiger partial charge in [-0.3, -0.25) is 0 Å². The number of nitrogens with one attached hydrogen (secondary N) is 1. The standard InChI is InChI=1S/C7H17FN2/c1-3-10-6(2)7(8)4-5-9/h6-7,10H,3-5,9H2,1-2H3. The molecule has 0 aromatic heterocycles. The zero-order valence-electron chi connectivity index (χ0n) is 6.73. The van der Waals surface area contributed by atoms with Gasteiger partial charge < -0.3 is 11.1 Å². The molecule has 0 heterocycles. The summed E-state index contributed by atoms with van der Waals surface area (Å²) < 4.78 is 12.8. The highest BCUT2D eigenvalue weighted by Gasteiger charge is 2.12. The summed E-state index contributed by atoms with van der Waals surface area (Å²) in [4.78, 5) is 0. The van der Waals surface area contributed by atoms with Crippen LogP contribution >= 0.6 is 0 Å². The summed E-state index contributed by atoms with van der Waals surface area (Å²) in [5.41, 5.74) is 5.20. The third kappa shape index (κ3) is 3.80. The number of hydrogen-bond donors (Lipinski definition) is 2. The first-order valence-electron chi connectivity index (χ1n) is 3.79. The minimum atomic E-state index is -0.801. The Labute approximate surface area is 62.0 Å². The molecule has 0 saturated carbocycles. The zero-order valence-corrected chi connectivity index (χ0v) is 6.73. The van der Waals surface area contributed by atoms with E-state index in [9.17, 15) is 4.39 Å². The summed E-state index contributed by atoms with van der Waals surface area (Å²) in [6.07, 6.45) is -0.348. The van der Waals surface area contributed by atoms with Crippen molar-refractivity contribution in [3.05, 3.63) is 0 Å². The van der Waals surface area contributed by atoms with Crippen molar-refractivity contribution in [3.8, 4) is 0 Å². The first kappa shape index (κ1) is 9.85. The Morgan fingerprint density at radius 3 is 2.60 bits per heavy atom. The molecule has 10 heavy (non-hydrogen) atoms. The first-order valence-corrected chi connectivity index (χ1v) is 3.79. The molecular weight excluding hydrogens is 131 g/mol. The third-order valence-corrected chi connectivity index (χ3v) is 1.51. The average molecular weight is 148 g/mol. The normalized spacial score (nSPS) is 16.8. The van der Waals surface area contributed by atoms with Crippen LogP contribution in [0.2, 0.25) is 0 Å². The summed E-state index contributed by atoms with van der Waals surface area (Å²) in [6, 6.07) is -0.0615. The molecule has 0 aliphatic rings. The van der Waals surface area contributed by atoms with Crippen molar-refractivity contribution in [2.24, 2.45) is 5.73 Å². The predicted octanol–water partition coefficient (Wildman–Crippen LogP) is 0.671. The number of rotatable bonds is 5. The van der Waals surface area contributed by atoms with E-state index in [0.717, 1.165) is 6.54 Å². The third-order valence-electron chi connectivity index (χ3n) is 1.51. The van der Waals surface area contributed by atoms with Crippen molar-refractivity contribution in [2.45, 2.75) is 32.5 Å². The number of alkyl halides is 1. The van der Waals surface area contributed by atoms with Crippen LogP contribution in [0.5, 0.6) is 0 Å². The highest BCUT2D eigenvalue weighted by atomic mass is 19.1. The summed E-state index contributed by atoms with van der Waals surface area (Å²) >= 11 is 0. The molecule has 0 radical (unpaired) electrons. The van der Waals surface area contributed by atoms with Crippen molar-refractivity contribution in [3.63, 3.8) is 0 Å². The second kappa shape index (κ2) is 5.62. The minimum Gasteiger partial charge on any atom is -0.330 e. The van der Waals surface area contributed by atoms with Gasteiger partial charge >= 0.3 is 0 Å². The quantitative estimate of drug-likeness (QED) is 0.601. The molecule has 0 fully saturated rings. The molecule has 62 valence electrons. The fourth-order valence-corrected chi connectivity index (χ4v) is 0.859. The van der Waals surface area contributed by atoms with Crippen LogP contribution in [-0.4, -0.2) is 25.3 Å². The maximum absolute atomic E-state index is 12.8. The molecule has 0 aliphatic carbocycles.